The maximum atomic E-state index is 12.7. The molecule has 3 rings (SSSR count). The number of carbonyl (C=O) groups is 1. The fraction of sp³-hybridized carbons (Fsp3) is 0.667. The lowest BCUT2D eigenvalue weighted by Gasteiger charge is -2.42. The van der Waals surface area contributed by atoms with Crippen LogP contribution in [-0.4, -0.2) is 67.5 Å². The number of rotatable bonds is 2. The van der Waals surface area contributed by atoms with Crippen LogP contribution in [0.3, 0.4) is 0 Å². The summed E-state index contributed by atoms with van der Waals surface area (Å²) >= 11 is 0. The summed E-state index contributed by atoms with van der Waals surface area (Å²) in [7, 11) is -3.68. The Hall–Kier alpha value is -1.45. The summed E-state index contributed by atoms with van der Waals surface area (Å²) in [6.45, 7) is 5.65. The second kappa shape index (κ2) is 5.08. The molecule has 2 fully saturated rings. The molecular weight excluding hydrogens is 296 g/mol. The molecule has 8 nitrogen and oxygen atoms in total. The fourth-order valence-electron chi connectivity index (χ4n) is 2.94. The van der Waals surface area contributed by atoms with Crippen molar-refractivity contribution in [2.24, 2.45) is 0 Å². The van der Waals surface area contributed by atoms with Gasteiger partial charge in [0.2, 0.25) is 15.9 Å². The summed E-state index contributed by atoms with van der Waals surface area (Å²) in [5.74, 6) is 0.169. The molecule has 116 valence electrons. The molecule has 0 bridgehead atoms. The highest BCUT2D eigenvalue weighted by molar-refractivity contribution is 7.89. The van der Waals surface area contributed by atoms with Crippen LogP contribution < -0.4 is 5.32 Å². The molecule has 2 saturated heterocycles. The molecule has 1 amide bonds. The third kappa shape index (κ3) is 2.34. The summed E-state index contributed by atoms with van der Waals surface area (Å²) in [4.78, 5) is 14.1. The average Bonchev–Trinajstić information content (AvgIpc) is 2.79. The highest BCUT2D eigenvalue weighted by Gasteiger charge is 2.40. The Kier molecular flexibility index (Phi) is 3.50. The molecule has 0 radical (unpaired) electrons. The number of nitrogens with one attached hydrogen (secondary N) is 1. The third-order valence-corrected chi connectivity index (χ3v) is 6.13. The molecule has 0 aromatic carbocycles. The topological polar surface area (TPSA) is 95.8 Å². The van der Waals surface area contributed by atoms with Gasteiger partial charge >= 0.3 is 0 Å². The van der Waals surface area contributed by atoms with Crippen molar-refractivity contribution >= 4 is 15.9 Å². The second-order valence-corrected chi connectivity index (χ2v) is 7.23. The van der Waals surface area contributed by atoms with Crippen LogP contribution in [0.15, 0.2) is 9.42 Å². The van der Waals surface area contributed by atoms with Gasteiger partial charge in [0, 0.05) is 32.7 Å². The van der Waals surface area contributed by atoms with Crippen molar-refractivity contribution in [3.05, 3.63) is 11.5 Å². The van der Waals surface area contributed by atoms with E-state index in [1.807, 2.05) is 4.90 Å². The van der Waals surface area contributed by atoms with E-state index in [4.69, 9.17) is 4.52 Å². The Bertz CT molecular complexity index is 649. The number of piperazine rings is 2. The Morgan fingerprint density at radius 3 is 2.71 bits per heavy atom. The highest BCUT2D eigenvalue weighted by Crippen LogP contribution is 2.25. The zero-order valence-corrected chi connectivity index (χ0v) is 12.8. The first kappa shape index (κ1) is 14.5. The Morgan fingerprint density at radius 1 is 1.29 bits per heavy atom. The number of sulfonamides is 1. The van der Waals surface area contributed by atoms with Crippen molar-refractivity contribution < 1.29 is 17.7 Å². The number of hydrogen-bond acceptors (Lipinski definition) is 6. The predicted molar refractivity (Wildman–Crippen MR) is 73.1 cm³/mol. The number of carbonyl (C=O) groups excluding carboxylic acids is 1. The number of aryl methyl sites for hydroxylation is 2. The molecular formula is C12H18N4O4S. The first-order valence-corrected chi connectivity index (χ1v) is 8.30. The summed E-state index contributed by atoms with van der Waals surface area (Å²) < 4.78 is 31.8. The second-order valence-electron chi connectivity index (χ2n) is 5.36. The van der Waals surface area contributed by atoms with Gasteiger partial charge in [-0.25, -0.2) is 8.42 Å². The van der Waals surface area contributed by atoms with Gasteiger partial charge in [0.15, 0.2) is 5.76 Å². The summed E-state index contributed by atoms with van der Waals surface area (Å²) in [5.41, 5.74) is 0.350. The molecule has 0 aliphatic carbocycles. The molecule has 1 N–H and O–H groups in total. The molecule has 21 heavy (non-hydrogen) atoms. The third-order valence-electron chi connectivity index (χ3n) is 4.02. The first-order valence-electron chi connectivity index (χ1n) is 6.86. The minimum atomic E-state index is -3.68. The van der Waals surface area contributed by atoms with Crippen LogP contribution in [0.4, 0.5) is 0 Å². The van der Waals surface area contributed by atoms with Crippen LogP contribution in [0.25, 0.3) is 0 Å². The van der Waals surface area contributed by atoms with E-state index in [1.165, 1.54) is 4.31 Å². The van der Waals surface area contributed by atoms with E-state index in [0.29, 0.717) is 25.3 Å². The lowest BCUT2D eigenvalue weighted by molar-refractivity contribution is -0.130. The van der Waals surface area contributed by atoms with Crippen molar-refractivity contribution in [2.75, 3.05) is 32.7 Å². The van der Waals surface area contributed by atoms with Crippen LogP contribution in [-0.2, 0) is 14.8 Å². The summed E-state index contributed by atoms with van der Waals surface area (Å²) in [6, 6.07) is -0.414. The van der Waals surface area contributed by atoms with Gasteiger partial charge in [0.1, 0.15) is 16.6 Å². The highest BCUT2D eigenvalue weighted by atomic mass is 32.2. The summed E-state index contributed by atoms with van der Waals surface area (Å²) in [5, 5.41) is 6.48. The maximum Gasteiger partial charge on any atom is 0.248 e. The van der Waals surface area contributed by atoms with Crippen LogP contribution in [0, 0.1) is 13.8 Å². The van der Waals surface area contributed by atoms with Crippen molar-refractivity contribution in [3.8, 4) is 0 Å². The van der Waals surface area contributed by atoms with Gasteiger partial charge in [-0.1, -0.05) is 5.16 Å². The van der Waals surface area contributed by atoms with Gasteiger partial charge in [0.05, 0.1) is 0 Å². The minimum Gasteiger partial charge on any atom is -0.360 e. The van der Waals surface area contributed by atoms with E-state index >= 15 is 0 Å². The van der Waals surface area contributed by atoms with E-state index in [-0.39, 0.29) is 23.1 Å². The lowest BCUT2D eigenvalue weighted by atomic mass is 10.1. The molecule has 1 aromatic rings. The van der Waals surface area contributed by atoms with Crippen LogP contribution in [0.5, 0.6) is 0 Å². The van der Waals surface area contributed by atoms with E-state index < -0.39 is 16.1 Å². The molecule has 1 aromatic heterocycles. The van der Waals surface area contributed by atoms with Crippen LogP contribution in [0.1, 0.15) is 11.5 Å². The summed E-state index contributed by atoms with van der Waals surface area (Å²) in [6.07, 6.45) is 0. The molecule has 0 saturated carbocycles. The number of amides is 1. The SMILES string of the molecule is Cc1noc(C)c1S(=O)(=O)N1CCN2CCNC(=O)[C@H]2C1. The van der Waals surface area contributed by atoms with E-state index in [1.54, 1.807) is 13.8 Å². The minimum absolute atomic E-state index is 0.111. The van der Waals surface area contributed by atoms with Gasteiger partial charge < -0.3 is 9.84 Å². The Labute approximate surface area is 123 Å². The van der Waals surface area contributed by atoms with Gasteiger partial charge in [-0.15, -0.1) is 0 Å². The van der Waals surface area contributed by atoms with Crippen LogP contribution >= 0.6 is 0 Å². The first-order chi connectivity index (χ1) is 9.91. The Morgan fingerprint density at radius 2 is 2.05 bits per heavy atom. The zero-order chi connectivity index (χ0) is 15.2. The monoisotopic (exact) mass is 314 g/mol. The van der Waals surface area contributed by atoms with E-state index in [9.17, 15) is 13.2 Å². The van der Waals surface area contributed by atoms with Gasteiger partial charge in [0.25, 0.3) is 0 Å². The zero-order valence-electron chi connectivity index (χ0n) is 12.0. The maximum absolute atomic E-state index is 12.7. The number of hydrogen-bond donors (Lipinski definition) is 1. The van der Waals surface area contributed by atoms with E-state index in [2.05, 4.69) is 10.5 Å². The standard InChI is InChI=1S/C12H18N4O4S/c1-8-11(9(2)20-14-8)21(18,19)16-6-5-15-4-3-13-12(17)10(15)7-16/h10H,3-7H2,1-2H3,(H,13,17)/t10-/m1/s1. The quantitative estimate of drug-likeness (QED) is 0.760. The largest absolute Gasteiger partial charge is 0.360 e. The van der Waals surface area contributed by atoms with Crippen molar-refractivity contribution in [2.45, 2.75) is 24.8 Å². The number of aromatic nitrogens is 1. The van der Waals surface area contributed by atoms with E-state index in [0.717, 1.165) is 6.54 Å². The number of fused-ring (bicyclic) bond motifs is 1. The molecule has 0 spiro atoms. The molecule has 9 heteroatoms. The Balaban J connectivity index is 1.89. The predicted octanol–water partition coefficient (Wildman–Crippen LogP) is -0.904. The van der Waals surface area contributed by atoms with Gasteiger partial charge in [-0.05, 0) is 13.8 Å². The molecule has 1 atom stereocenters. The lowest BCUT2D eigenvalue weighted by Crippen LogP contribution is -2.64. The smallest absolute Gasteiger partial charge is 0.248 e. The molecule has 3 heterocycles. The van der Waals surface area contributed by atoms with Crippen molar-refractivity contribution in [3.63, 3.8) is 0 Å². The number of nitrogens with zero attached hydrogens (tertiary/aromatic N) is 3. The molecule has 0 unspecified atom stereocenters. The van der Waals surface area contributed by atoms with Gasteiger partial charge in [-0.2, -0.15) is 4.31 Å². The van der Waals surface area contributed by atoms with Crippen molar-refractivity contribution in [1.29, 1.82) is 0 Å². The normalized spacial score (nSPS) is 24.7. The fourth-order valence-corrected chi connectivity index (χ4v) is 4.67. The average molecular weight is 314 g/mol. The molecule has 2 aliphatic heterocycles. The van der Waals surface area contributed by atoms with Crippen LogP contribution in [0.2, 0.25) is 0 Å². The molecule has 2 aliphatic rings. The van der Waals surface area contributed by atoms with Gasteiger partial charge in [-0.3, -0.25) is 9.69 Å². The van der Waals surface area contributed by atoms with Crippen molar-refractivity contribution in [1.82, 2.24) is 19.7 Å².